The highest BCUT2D eigenvalue weighted by atomic mass is 16.5. The molecule has 3 heteroatoms. The summed E-state index contributed by atoms with van der Waals surface area (Å²) in [5.41, 5.74) is 7.13. The Kier molecular flexibility index (Phi) is 3.67. The molecule has 0 N–H and O–H groups in total. The third kappa shape index (κ3) is 2.57. The molecule has 29 heavy (non-hydrogen) atoms. The molecular formula is C26H25N2O+. The molecule has 1 aliphatic carbocycles. The van der Waals surface area contributed by atoms with Crippen LogP contribution in [0, 0.1) is 12.8 Å². The molecule has 0 spiro atoms. The van der Waals surface area contributed by atoms with Gasteiger partial charge in [0.2, 0.25) is 5.52 Å². The van der Waals surface area contributed by atoms with Crippen molar-refractivity contribution in [2.75, 3.05) is 0 Å². The van der Waals surface area contributed by atoms with Crippen molar-refractivity contribution in [1.82, 2.24) is 4.98 Å². The zero-order chi connectivity index (χ0) is 19.5. The molecule has 144 valence electrons. The van der Waals surface area contributed by atoms with E-state index < -0.39 is 0 Å². The van der Waals surface area contributed by atoms with Crippen molar-refractivity contribution >= 4 is 21.8 Å². The molecule has 1 fully saturated rings. The molecule has 2 aliphatic rings. The number of fused-ring (bicyclic) bond motifs is 3. The third-order valence-corrected chi connectivity index (χ3v) is 6.82. The van der Waals surface area contributed by atoms with Crippen molar-refractivity contribution in [2.45, 2.75) is 39.0 Å². The van der Waals surface area contributed by atoms with Gasteiger partial charge in [-0.2, -0.15) is 4.57 Å². The van der Waals surface area contributed by atoms with Crippen molar-refractivity contribution < 1.29 is 9.30 Å². The lowest BCUT2D eigenvalue weighted by atomic mass is 9.94. The van der Waals surface area contributed by atoms with Gasteiger partial charge < -0.3 is 4.74 Å². The maximum atomic E-state index is 6.33. The van der Waals surface area contributed by atoms with Crippen LogP contribution in [-0.4, -0.2) is 4.98 Å². The molecule has 0 unspecified atom stereocenters. The lowest BCUT2D eigenvalue weighted by molar-refractivity contribution is -0.634. The Morgan fingerprint density at radius 1 is 1.07 bits per heavy atom. The fraction of sp³-hybridized carbons (Fsp3) is 0.308. The number of ether oxygens (including phenoxy) is 1. The van der Waals surface area contributed by atoms with Gasteiger partial charge >= 0.3 is 0 Å². The normalized spacial score (nSPS) is 15.7. The molecule has 0 radical (unpaired) electrons. The van der Waals surface area contributed by atoms with Gasteiger partial charge in [-0.1, -0.05) is 56.0 Å². The zero-order valence-electron chi connectivity index (χ0n) is 17.0. The van der Waals surface area contributed by atoms with E-state index in [4.69, 9.17) is 9.72 Å². The number of benzene rings is 3. The van der Waals surface area contributed by atoms with Crippen LogP contribution in [0.1, 0.15) is 36.8 Å². The lowest BCUT2D eigenvalue weighted by Gasteiger charge is -2.20. The molecule has 0 saturated heterocycles. The summed E-state index contributed by atoms with van der Waals surface area (Å²) in [5, 5.41) is 2.40. The van der Waals surface area contributed by atoms with Gasteiger partial charge in [0.15, 0.2) is 0 Å². The number of aromatic nitrogens is 2. The Morgan fingerprint density at radius 2 is 1.93 bits per heavy atom. The molecule has 2 heterocycles. The molecule has 6 rings (SSSR count). The predicted octanol–water partition coefficient (Wildman–Crippen LogP) is 6.03. The first-order valence-corrected chi connectivity index (χ1v) is 10.7. The predicted molar refractivity (Wildman–Crippen MR) is 116 cm³/mol. The van der Waals surface area contributed by atoms with Crippen LogP contribution in [0.3, 0.4) is 0 Å². The summed E-state index contributed by atoms with van der Waals surface area (Å²) in [6, 6.07) is 17.4. The van der Waals surface area contributed by atoms with E-state index in [0.717, 1.165) is 28.4 Å². The van der Waals surface area contributed by atoms with E-state index in [2.05, 4.69) is 67.1 Å². The molecule has 0 atom stereocenters. The fourth-order valence-corrected chi connectivity index (χ4v) is 5.33. The Labute approximate surface area is 171 Å². The highest BCUT2D eigenvalue weighted by Crippen LogP contribution is 2.45. The van der Waals surface area contributed by atoms with Gasteiger partial charge in [-0.15, -0.1) is 0 Å². The number of rotatable bonds is 2. The third-order valence-electron chi connectivity index (χ3n) is 6.82. The minimum absolute atomic E-state index is 0.715. The molecule has 1 aliphatic heterocycles. The summed E-state index contributed by atoms with van der Waals surface area (Å²) in [6.45, 7) is 2.18. The van der Waals surface area contributed by atoms with Crippen LogP contribution < -0.4 is 9.30 Å². The second kappa shape index (κ2) is 6.28. The van der Waals surface area contributed by atoms with E-state index in [1.807, 2.05) is 0 Å². The number of aryl methyl sites for hydroxylation is 2. The second-order valence-electron chi connectivity index (χ2n) is 8.72. The van der Waals surface area contributed by atoms with Gasteiger partial charge in [-0.3, -0.25) is 0 Å². The van der Waals surface area contributed by atoms with Gasteiger partial charge in [0, 0.05) is 11.5 Å². The highest BCUT2D eigenvalue weighted by Gasteiger charge is 2.32. The standard InChI is InChI=1S/C26H25N2O/c1-16-10-12-19-8-5-9-22-24(19)23(16)25-26(29-22)27-20-15-18(11-13-21(20)28(25)2)14-17-6-3-4-7-17/h5,8-13,15,17H,3-4,6-7,14H2,1-2H3/q+1. The molecule has 4 aromatic rings. The van der Waals surface area contributed by atoms with E-state index in [9.17, 15) is 0 Å². The molecule has 0 bridgehead atoms. The van der Waals surface area contributed by atoms with Crippen LogP contribution in [0.15, 0.2) is 48.5 Å². The summed E-state index contributed by atoms with van der Waals surface area (Å²) >= 11 is 0. The molecule has 3 nitrogen and oxygen atoms in total. The quantitative estimate of drug-likeness (QED) is 0.349. The topological polar surface area (TPSA) is 26.0 Å². The van der Waals surface area contributed by atoms with Crippen molar-refractivity contribution in [3.63, 3.8) is 0 Å². The van der Waals surface area contributed by atoms with Gasteiger partial charge in [-0.25, -0.2) is 4.98 Å². The SMILES string of the molecule is Cc1ccc2cccc3c2c1-c1c(nc2cc(CC4CCCC4)ccc2[n+]1C)O3. The largest absolute Gasteiger partial charge is 0.433 e. The Morgan fingerprint density at radius 3 is 2.79 bits per heavy atom. The number of nitrogens with zero attached hydrogens (tertiary/aromatic N) is 2. The summed E-state index contributed by atoms with van der Waals surface area (Å²) in [7, 11) is 2.13. The summed E-state index contributed by atoms with van der Waals surface area (Å²) in [5.74, 6) is 2.46. The highest BCUT2D eigenvalue weighted by molar-refractivity contribution is 6.03. The number of hydrogen-bond donors (Lipinski definition) is 0. The van der Waals surface area contributed by atoms with Crippen LogP contribution in [0.5, 0.6) is 11.6 Å². The fourth-order valence-electron chi connectivity index (χ4n) is 5.33. The Hall–Kier alpha value is -2.94. The molecule has 1 aromatic heterocycles. The minimum Gasteiger partial charge on any atom is -0.433 e. The Bertz CT molecular complexity index is 1290. The van der Waals surface area contributed by atoms with Crippen molar-refractivity contribution in [3.05, 3.63) is 59.7 Å². The first kappa shape index (κ1) is 17.0. The smallest absolute Gasteiger partial charge is 0.294 e. The van der Waals surface area contributed by atoms with Crippen molar-refractivity contribution in [3.8, 4) is 22.9 Å². The average molecular weight is 381 g/mol. The summed E-state index contributed by atoms with van der Waals surface area (Å²) < 4.78 is 8.59. The first-order valence-electron chi connectivity index (χ1n) is 10.7. The Balaban J connectivity index is 1.56. The monoisotopic (exact) mass is 381 g/mol. The van der Waals surface area contributed by atoms with Crippen molar-refractivity contribution in [2.24, 2.45) is 13.0 Å². The summed E-state index contributed by atoms with van der Waals surface area (Å²) in [4.78, 5) is 5.00. The zero-order valence-corrected chi connectivity index (χ0v) is 17.0. The second-order valence-corrected chi connectivity index (χ2v) is 8.72. The minimum atomic E-state index is 0.715. The van der Waals surface area contributed by atoms with E-state index >= 15 is 0 Å². The average Bonchev–Trinajstić information content (AvgIpc) is 3.23. The van der Waals surface area contributed by atoms with Gasteiger partial charge in [0.05, 0.1) is 5.56 Å². The van der Waals surface area contributed by atoms with Gasteiger partial charge in [0.1, 0.15) is 18.3 Å². The first-order chi connectivity index (χ1) is 14.2. The van der Waals surface area contributed by atoms with E-state index in [1.54, 1.807) is 0 Å². The van der Waals surface area contributed by atoms with Crippen LogP contribution in [-0.2, 0) is 13.5 Å². The van der Waals surface area contributed by atoms with Crippen LogP contribution in [0.4, 0.5) is 0 Å². The van der Waals surface area contributed by atoms with Gasteiger partial charge in [0.25, 0.3) is 11.6 Å². The lowest BCUT2D eigenvalue weighted by Crippen LogP contribution is -2.34. The van der Waals surface area contributed by atoms with Gasteiger partial charge in [-0.05, 0) is 47.9 Å². The molecular weight excluding hydrogens is 356 g/mol. The number of hydrogen-bond acceptors (Lipinski definition) is 2. The van der Waals surface area contributed by atoms with Crippen LogP contribution in [0.25, 0.3) is 33.1 Å². The maximum Gasteiger partial charge on any atom is 0.294 e. The maximum absolute atomic E-state index is 6.33. The van der Waals surface area contributed by atoms with E-state index in [-0.39, 0.29) is 0 Å². The van der Waals surface area contributed by atoms with Crippen molar-refractivity contribution in [1.29, 1.82) is 0 Å². The van der Waals surface area contributed by atoms with E-state index in [0.29, 0.717) is 5.88 Å². The summed E-state index contributed by atoms with van der Waals surface area (Å²) in [6.07, 6.45) is 6.67. The molecule has 3 aromatic carbocycles. The molecule has 0 amide bonds. The van der Waals surface area contributed by atoms with Crippen LogP contribution >= 0.6 is 0 Å². The molecule has 1 saturated carbocycles. The van der Waals surface area contributed by atoms with Crippen LogP contribution in [0.2, 0.25) is 0 Å². The van der Waals surface area contributed by atoms with E-state index in [1.165, 1.54) is 59.6 Å².